The first-order valence-corrected chi connectivity index (χ1v) is 7.76. The van der Waals surface area contributed by atoms with Crippen molar-refractivity contribution in [2.45, 2.75) is 32.7 Å². The maximum absolute atomic E-state index is 6.28. The summed E-state index contributed by atoms with van der Waals surface area (Å²) < 4.78 is 2.00. The number of nitrogens with one attached hydrogen (secondary N) is 1. The molecule has 2 rings (SSSR count). The Labute approximate surface area is 131 Å². The molecule has 0 radical (unpaired) electrons. The van der Waals surface area contributed by atoms with Crippen LogP contribution in [0, 0.1) is 5.92 Å². The Morgan fingerprint density at radius 3 is 2.67 bits per heavy atom. The average Bonchev–Trinajstić information content (AvgIpc) is 2.90. The van der Waals surface area contributed by atoms with Crippen LogP contribution in [0.25, 0.3) is 0 Å². The highest BCUT2D eigenvalue weighted by atomic mass is 35.5. The quantitative estimate of drug-likeness (QED) is 0.854. The van der Waals surface area contributed by atoms with Gasteiger partial charge in [-0.05, 0) is 51.4 Å². The van der Waals surface area contributed by atoms with Gasteiger partial charge in [0.05, 0.1) is 0 Å². The predicted molar refractivity (Wildman–Crippen MR) is 86.7 cm³/mol. The van der Waals surface area contributed by atoms with E-state index in [4.69, 9.17) is 11.6 Å². The third-order valence-electron chi connectivity index (χ3n) is 3.57. The van der Waals surface area contributed by atoms with Crippen LogP contribution in [0.2, 0.25) is 5.02 Å². The number of benzene rings is 1. The van der Waals surface area contributed by atoms with Gasteiger partial charge in [0, 0.05) is 17.5 Å². The lowest BCUT2D eigenvalue weighted by molar-refractivity contribution is 0.440. The molecule has 1 atom stereocenters. The molecule has 0 aliphatic rings. The summed E-state index contributed by atoms with van der Waals surface area (Å²) in [6.07, 6.45) is 3.47. The standard InChI is InChI=1S/C16H23ClN4/c1-12(2)21-16(19-11-20-21)9-13(10-18-3)8-14-6-4-5-7-15(14)17/h4-7,11-13,18H,8-10H2,1-3H3. The fourth-order valence-corrected chi connectivity index (χ4v) is 2.80. The lowest BCUT2D eigenvalue weighted by Crippen LogP contribution is -2.24. The summed E-state index contributed by atoms with van der Waals surface area (Å²) in [5, 5.41) is 8.42. The summed E-state index contributed by atoms with van der Waals surface area (Å²) in [5.41, 5.74) is 1.19. The van der Waals surface area contributed by atoms with E-state index in [9.17, 15) is 0 Å². The summed E-state index contributed by atoms with van der Waals surface area (Å²) in [4.78, 5) is 4.41. The summed E-state index contributed by atoms with van der Waals surface area (Å²) in [6.45, 7) is 5.18. The van der Waals surface area contributed by atoms with E-state index in [1.165, 1.54) is 5.56 Å². The Hall–Kier alpha value is -1.39. The first-order valence-electron chi connectivity index (χ1n) is 7.38. The molecule has 0 saturated heterocycles. The summed E-state index contributed by atoms with van der Waals surface area (Å²) in [6, 6.07) is 8.38. The summed E-state index contributed by atoms with van der Waals surface area (Å²) >= 11 is 6.28. The number of rotatable bonds is 7. The molecule has 0 fully saturated rings. The predicted octanol–water partition coefficient (Wildman–Crippen LogP) is 3.13. The van der Waals surface area contributed by atoms with Gasteiger partial charge in [0.25, 0.3) is 0 Å². The van der Waals surface area contributed by atoms with E-state index in [-0.39, 0.29) is 0 Å². The molecule has 1 aromatic heterocycles. The third kappa shape index (κ3) is 4.29. The Bertz CT molecular complexity index is 565. The summed E-state index contributed by atoms with van der Waals surface area (Å²) in [7, 11) is 1.98. The maximum atomic E-state index is 6.28. The number of nitrogens with zero attached hydrogens (tertiary/aromatic N) is 3. The zero-order chi connectivity index (χ0) is 15.2. The number of hydrogen-bond donors (Lipinski definition) is 1. The minimum Gasteiger partial charge on any atom is -0.319 e. The largest absolute Gasteiger partial charge is 0.319 e. The minimum absolute atomic E-state index is 0.332. The Morgan fingerprint density at radius 2 is 2.00 bits per heavy atom. The molecule has 0 amide bonds. The fourth-order valence-electron chi connectivity index (χ4n) is 2.59. The highest BCUT2D eigenvalue weighted by Gasteiger charge is 2.16. The van der Waals surface area contributed by atoms with Crippen molar-refractivity contribution in [3.05, 3.63) is 47.0 Å². The van der Waals surface area contributed by atoms with Crippen LogP contribution in [-0.2, 0) is 12.8 Å². The van der Waals surface area contributed by atoms with Crippen molar-refractivity contribution in [1.29, 1.82) is 0 Å². The lowest BCUT2D eigenvalue weighted by Gasteiger charge is -2.18. The first-order chi connectivity index (χ1) is 10.1. The monoisotopic (exact) mass is 306 g/mol. The maximum Gasteiger partial charge on any atom is 0.138 e. The zero-order valence-corrected chi connectivity index (χ0v) is 13.6. The topological polar surface area (TPSA) is 42.7 Å². The Kier molecular flexibility index (Phi) is 5.76. The molecule has 114 valence electrons. The van der Waals surface area contributed by atoms with Crippen molar-refractivity contribution in [2.24, 2.45) is 5.92 Å². The van der Waals surface area contributed by atoms with Gasteiger partial charge in [-0.3, -0.25) is 0 Å². The smallest absolute Gasteiger partial charge is 0.138 e. The molecular weight excluding hydrogens is 284 g/mol. The molecule has 5 heteroatoms. The second kappa shape index (κ2) is 7.57. The van der Waals surface area contributed by atoms with Crippen molar-refractivity contribution in [3.8, 4) is 0 Å². The minimum atomic E-state index is 0.332. The molecule has 1 aromatic carbocycles. The normalized spacial score (nSPS) is 12.8. The van der Waals surface area contributed by atoms with Gasteiger partial charge in [-0.1, -0.05) is 29.8 Å². The SMILES string of the molecule is CNCC(Cc1ccccc1Cl)Cc1ncnn1C(C)C. The molecule has 0 saturated carbocycles. The molecule has 21 heavy (non-hydrogen) atoms. The van der Waals surface area contributed by atoms with Crippen LogP contribution in [0.15, 0.2) is 30.6 Å². The molecule has 0 aliphatic heterocycles. The zero-order valence-electron chi connectivity index (χ0n) is 12.9. The van der Waals surface area contributed by atoms with Gasteiger partial charge in [-0.2, -0.15) is 5.10 Å². The number of hydrogen-bond acceptors (Lipinski definition) is 3. The molecule has 1 unspecified atom stereocenters. The third-order valence-corrected chi connectivity index (χ3v) is 3.94. The van der Waals surface area contributed by atoms with Crippen molar-refractivity contribution < 1.29 is 0 Å². The van der Waals surface area contributed by atoms with Gasteiger partial charge < -0.3 is 5.32 Å². The van der Waals surface area contributed by atoms with Crippen LogP contribution in [-0.4, -0.2) is 28.4 Å². The van der Waals surface area contributed by atoms with E-state index in [1.54, 1.807) is 6.33 Å². The van der Waals surface area contributed by atoms with Crippen molar-refractivity contribution in [2.75, 3.05) is 13.6 Å². The molecule has 1 heterocycles. The molecular formula is C16H23ClN4. The van der Waals surface area contributed by atoms with E-state index in [1.807, 2.05) is 29.9 Å². The van der Waals surface area contributed by atoms with Crippen molar-refractivity contribution in [1.82, 2.24) is 20.1 Å². The Balaban J connectivity index is 2.12. The van der Waals surface area contributed by atoms with Crippen LogP contribution in [0.5, 0.6) is 0 Å². The molecule has 0 bridgehead atoms. The van der Waals surface area contributed by atoms with Crippen molar-refractivity contribution in [3.63, 3.8) is 0 Å². The van der Waals surface area contributed by atoms with Gasteiger partial charge in [0.15, 0.2) is 0 Å². The average molecular weight is 307 g/mol. The second-order valence-electron chi connectivity index (χ2n) is 5.64. The second-order valence-corrected chi connectivity index (χ2v) is 6.05. The van der Waals surface area contributed by atoms with E-state index >= 15 is 0 Å². The van der Waals surface area contributed by atoms with Gasteiger partial charge in [0.2, 0.25) is 0 Å². The number of halogens is 1. The van der Waals surface area contributed by atoms with E-state index in [0.29, 0.717) is 12.0 Å². The Morgan fingerprint density at radius 1 is 1.24 bits per heavy atom. The van der Waals surface area contributed by atoms with Crippen molar-refractivity contribution >= 4 is 11.6 Å². The van der Waals surface area contributed by atoms with Gasteiger partial charge in [-0.15, -0.1) is 0 Å². The molecule has 2 aromatic rings. The van der Waals surface area contributed by atoms with Gasteiger partial charge in [-0.25, -0.2) is 9.67 Å². The highest BCUT2D eigenvalue weighted by molar-refractivity contribution is 6.31. The fraction of sp³-hybridized carbons (Fsp3) is 0.500. The van der Waals surface area contributed by atoms with Crippen LogP contribution >= 0.6 is 11.6 Å². The van der Waals surface area contributed by atoms with Crippen LogP contribution in [0.4, 0.5) is 0 Å². The van der Waals surface area contributed by atoms with E-state index in [0.717, 1.165) is 30.2 Å². The van der Waals surface area contributed by atoms with Gasteiger partial charge in [0.1, 0.15) is 12.2 Å². The van der Waals surface area contributed by atoms with E-state index < -0.39 is 0 Å². The van der Waals surface area contributed by atoms with Crippen LogP contribution < -0.4 is 5.32 Å². The first kappa shape index (κ1) is 16.0. The molecule has 4 nitrogen and oxygen atoms in total. The van der Waals surface area contributed by atoms with E-state index in [2.05, 4.69) is 35.3 Å². The van der Waals surface area contributed by atoms with Gasteiger partial charge >= 0.3 is 0 Å². The summed E-state index contributed by atoms with van der Waals surface area (Å²) in [5.74, 6) is 1.48. The molecule has 0 aliphatic carbocycles. The van der Waals surface area contributed by atoms with Crippen LogP contribution in [0.1, 0.15) is 31.3 Å². The van der Waals surface area contributed by atoms with Crippen LogP contribution in [0.3, 0.4) is 0 Å². The molecule has 1 N–H and O–H groups in total. The number of aromatic nitrogens is 3. The molecule has 0 spiro atoms. The highest BCUT2D eigenvalue weighted by Crippen LogP contribution is 2.21. The lowest BCUT2D eigenvalue weighted by atomic mass is 9.95.